The van der Waals surface area contributed by atoms with Crippen LogP contribution in [0.4, 0.5) is 0 Å². The molecule has 4 saturated carbocycles. The number of carbonyl (C=O) groups is 1. The average molecular weight is 312 g/mol. The van der Waals surface area contributed by atoms with Crippen molar-refractivity contribution >= 4 is 11.7 Å². The van der Waals surface area contributed by atoms with Crippen LogP contribution in [0.3, 0.4) is 0 Å². The number of benzene rings is 1. The molecule has 1 aromatic carbocycles. The van der Waals surface area contributed by atoms with E-state index in [0.29, 0.717) is 17.6 Å². The number of hydrogen-bond acceptors (Lipinski definition) is 3. The second-order valence-corrected chi connectivity index (χ2v) is 7.41. The second-order valence-electron chi connectivity index (χ2n) is 7.41. The zero-order valence-corrected chi connectivity index (χ0v) is 13.9. The molecule has 0 unspecified atom stereocenters. The van der Waals surface area contributed by atoms with Crippen LogP contribution in [0.2, 0.25) is 0 Å². The van der Waals surface area contributed by atoms with E-state index >= 15 is 0 Å². The molecular formula is C20H24O3. The van der Waals surface area contributed by atoms with Crippen LogP contribution in [0.1, 0.15) is 44.6 Å². The van der Waals surface area contributed by atoms with Gasteiger partial charge in [-0.05, 0) is 85.6 Å². The highest BCUT2D eigenvalue weighted by atomic mass is 16.5. The van der Waals surface area contributed by atoms with Crippen molar-refractivity contribution < 1.29 is 14.3 Å². The van der Waals surface area contributed by atoms with Crippen LogP contribution >= 0.6 is 0 Å². The molecule has 0 aromatic heterocycles. The zero-order valence-electron chi connectivity index (χ0n) is 13.9. The molecule has 23 heavy (non-hydrogen) atoms. The molecule has 3 nitrogen and oxygen atoms in total. The Kier molecular flexibility index (Phi) is 3.67. The minimum atomic E-state index is -0.288. The smallest absolute Gasteiger partial charge is 0.308 e. The van der Waals surface area contributed by atoms with E-state index in [-0.39, 0.29) is 5.97 Å². The molecule has 4 fully saturated rings. The third-order valence-electron chi connectivity index (χ3n) is 5.86. The van der Waals surface area contributed by atoms with Gasteiger partial charge in [0.25, 0.3) is 0 Å². The standard InChI is InChI=1S/C20H24O3/c1-12(21)23-18-5-3-15(4-6-18)20(22-2)19-16-8-13-7-14(10-16)11-17(19)9-13/h3-6,13-14,16-17H,7-11H2,1-2H3. The van der Waals surface area contributed by atoms with Crippen LogP contribution in [0.15, 0.2) is 29.8 Å². The molecule has 0 atom stereocenters. The van der Waals surface area contributed by atoms with Crippen LogP contribution in [0, 0.1) is 23.7 Å². The first-order valence-electron chi connectivity index (χ1n) is 8.71. The maximum Gasteiger partial charge on any atom is 0.308 e. The Morgan fingerprint density at radius 1 is 0.957 bits per heavy atom. The number of esters is 1. The van der Waals surface area contributed by atoms with Crippen LogP contribution in [0.5, 0.6) is 5.75 Å². The lowest BCUT2D eigenvalue weighted by Gasteiger charge is -2.51. The molecule has 4 aliphatic carbocycles. The van der Waals surface area contributed by atoms with Gasteiger partial charge in [0, 0.05) is 12.5 Å². The maximum atomic E-state index is 11.0. The largest absolute Gasteiger partial charge is 0.496 e. The summed E-state index contributed by atoms with van der Waals surface area (Å²) in [5.74, 6) is 4.70. The van der Waals surface area contributed by atoms with E-state index in [1.807, 2.05) is 24.3 Å². The van der Waals surface area contributed by atoms with Gasteiger partial charge in [-0.1, -0.05) is 0 Å². The van der Waals surface area contributed by atoms with E-state index in [0.717, 1.165) is 23.2 Å². The summed E-state index contributed by atoms with van der Waals surface area (Å²) in [6, 6.07) is 7.73. The third kappa shape index (κ3) is 2.66. The molecule has 0 heterocycles. The molecule has 4 aliphatic rings. The number of carbonyl (C=O) groups excluding carboxylic acids is 1. The van der Waals surface area contributed by atoms with Crippen molar-refractivity contribution in [2.45, 2.75) is 39.0 Å². The third-order valence-corrected chi connectivity index (χ3v) is 5.86. The number of rotatable bonds is 3. The summed E-state index contributed by atoms with van der Waals surface area (Å²) in [6.45, 7) is 1.42. The monoisotopic (exact) mass is 312 g/mol. The molecule has 1 aromatic rings. The molecule has 3 heteroatoms. The van der Waals surface area contributed by atoms with E-state index in [2.05, 4.69) is 0 Å². The fourth-order valence-corrected chi connectivity index (χ4v) is 5.31. The lowest BCUT2D eigenvalue weighted by atomic mass is 9.54. The van der Waals surface area contributed by atoms with Crippen molar-refractivity contribution in [2.75, 3.05) is 7.11 Å². The summed E-state index contributed by atoms with van der Waals surface area (Å²) in [5, 5.41) is 0. The zero-order chi connectivity index (χ0) is 16.0. The number of ether oxygens (including phenoxy) is 2. The predicted octanol–water partition coefficient (Wildman–Crippen LogP) is 4.43. The van der Waals surface area contributed by atoms with Crippen LogP contribution < -0.4 is 4.74 Å². The number of allylic oxidation sites excluding steroid dienone is 1. The number of methoxy groups -OCH3 is 1. The predicted molar refractivity (Wildman–Crippen MR) is 88.7 cm³/mol. The van der Waals surface area contributed by atoms with Crippen LogP contribution in [0.25, 0.3) is 5.76 Å². The SMILES string of the molecule is COC(=C1C2CC3CC(C2)CC1C3)c1ccc(OC(C)=O)cc1. The van der Waals surface area contributed by atoms with Gasteiger partial charge in [0.05, 0.1) is 7.11 Å². The Balaban J connectivity index is 1.66. The minimum Gasteiger partial charge on any atom is -0.496 e. The second kappa shape index (κ2) is 5.70. The molecule has 0 N–H and O–H groups in total. The summed E-state index contributed by atoms with van der Waals surface area (Å²) in [7, 11) is 1.79. The Hall–Kier alpha value is -1.77. The fraction of sp³-hybridized carbons (Fsp3) is 0.550. The van der Waals surface area contributed by atoms with Gasteiger partial charge in [0.2, 0.25) is 0 Å². The van der Waals surface area contributed by atoms with Gasteiger partial charge in [-0.25, -0.2) is 0 Å². The normalized spacial score (nSPS) is 31.1. The van der Waals surface area contributed by atoms with Gasteiger partial charge >= 0.3 is 5.97 Å². The molecule has 0 radical (unpaired) electrons. The summed E-state index contributed by atoms with van der Waals surface area (Å²) in [5.41, 5.74) is 2.66. The van der Waals surface area contributed by atoms with Gasteiger partial charge in [-0.3, -0.25) is 4.79 Å². The maximum absolute atomic E-state index is 11.0. The van der Waals surface area contributed by atoms with Gasteiger partial charge < -0.3 is 9.47 Å². The minimum absolute atomic E-state index is 0.288. The molecule has 122 valence electrons. The Bertz CT molecular complexity index is 611. The lowest BCUT2D eigenvalue weighted by Crippen LogP contribution is -2.40. The Morgan fingerprint density at radius 3 is 2.00 bits per heavy atom. The van der Waals surface area contributed by atoms with E-state index < -0.39 is 0 Å². The molecule has 4 bridgehead atoms. The van der Waals surface area contributed by atoms with E-state index in [1.165, 1.54) is 39.0 Å². The fourth-order valence-electron chi connectivity index (χ4n) is 5.31. The quantitative estimate of drug-likeness (QED) is 0.471. The molecule has 0 saturated heterocycles. The Morgan fingerprint density at radius 2 is 1.52 bits per heavy atom. The summed E-state index contributed by atoms with van der Waals surface area (Å²) < 4.78 is 11.0. The van der Waals surface area contributed by atoms with Crippen molar-refractivity contribution in [1.29, 1.82) is 0 Å². The van der Waals surface area contributed by atoms with Crippen molar-refractivity contribution in [3.8, 4) is 5.75 Å². The highest BCUT2D eigenvalue weighted by Crippen LogP contribution is 2.57. The lowest BCUT2D eigenvalue weighted by molar-refractivity contribution is -0.131. The average Bonchev–Trinajstić information content (AvgIpc) is 2.51. The molecular weight excluding hydrogens is 288 g/mol. The van der Waals surface area contributed by atoms with Crippen molar-refractivity contribution in [2.24, 2.45) is 23.7 Å². The van der Waals surface area contributed by atoms with Gasteiger partial charge in [-0.2, -0.15) is 0 Å². The highest BCUT2D eigenvalue weighted by Gasteiger charge is 2.46. The molecule has 0 spiro atoms. The van der Waals surface area contributed by atoms with Gasteiger partial charge in [0.1, 0.15) is 11.5 Å². The van der Waals surface area contributed by atoms with E-state index in [1.54, 1.807) is 12.7 Å². The van der Waals surface area contributed by atoms with Crippen LogP contribution in [-0.4, -0.2) is 13.1 Å². The van der Waals surface area contributed by atoms with E-state index in [9.17, 15) is 4.79 Å². The van der Waals surface area contributed by atoms with Crippen molar-refractivity contribution in [3.05, 3.63) is 35.4 Å². The molecule has 5 rings (SSSR count). The van der Waals surface area contributed by atoms with Crippen LogP contribution in [-0.2, 0) is 9.53 Å². The topological polar surface area (TPSA) is 35.5 Å². The summed E-state index contributed by atoms with van der Waals surface area (Å²) >= 11 is 0. The van der Waals surface area contributed by atoms with E-state index in [4.69, 9.17) is 9.47 Å². The number of hydrogen-bond donors (Lipinski definition) is 0. The molecule has 0 aliphatic heterocycles. The Labute approximate surface area is 137 Å². The van der Waals surface area contributed by atoms with Crippen molar-refractivity contribution in [3.63, 3.8) is 0 Å². The summed E-state index contributed by atoms with van der Waals surface area (Å²) in [4.78, 5) is 11.0. The summed E-state index contributed by atoms with van der Waals surface area (Å²) in [6.07, 6.45) is 6.85. The van der Waals surface area contributed by atoms with Gasteiger partial charge in [0.15, 0.2) is 0 Å². The van der Waals surface area contributed by atoms with Crippen molar-refractivity contribution in [1.82, 2.24) is 0 Å². The first kappa shape index (κ1) is 14.8. The molecule has 0 amide bonds. The first-order valence-corrected chi connectivity index (χ1v) is 8.71. The van der Waals surface area contributed by atoms with Gasteiger partial charge in [-0.15, -0.1) is 0 Å². The highest BCUT2D eigenvalue weighted by molar-refractivity contribution is 5.70. The first-order chi connectivity index (χ1) is 11.1.